The number of carbonyl (C=O) groups is 1. The van der Waals surface area contributed by atoms with Crippen LogP contribution in [0.3, 0.4) is 0 Å². The lowest BCUT2D eigenvalue weighted by atomic mass is 9.96. The number of hydrogen-bond acceptors (Lipinski definition) is 3. The van der Waals surface area contributed by atoms with E-state index in [-0.39, 0.29) is 17.7 Å². The van der Waals surface area contributed by atoms with Crippen LogP contribution in [0.2, 0.25) is 0 Å². The largest absolute Gasteiger partial charge is 0.454 e. The lowest BCUT2D eigenvalue weighted by Crippen LogP contribution is -2.46. The van der Waals surface area contributed by atoms with Gasteiger partial charge < -0.3 is 15.0 Å². The standard InChI is InChI=1S/C20H21FN2O2/c21-18-3-1-2-4-19(18)25-17-7-5-15(6-8-17)20(24)22-16-11-14-9-10-23(12-14)13-16/h1-8,14,16H,9-13H2,(H,22,24)/t14-,16+/m0/s1. The minimum Gasteiger partial charge on any atom is -0.454 e. The third-order valence-corrected chi connectivity index (χ3v) is 4.98. The molecule has 0 aliphatic carbocycles. The quantitative estimate of drug-likeness (QED) is 0.927. The molecule has 4 nitrogen and oxygen atoms in total. The highest BCUT2D eigenvalue weighted by Crippen LogP contribution is 2.27. The molecule has 1 N–H and O–H groups in total. The van der Waals surface area contributed by atoms with Crippen LogP contribution in [0.25, 0.3) is 0 Å². The second-order valence-corrected chi connectivity index (χ2v) is 6.88. The van der Waals surface area contributed by atoms with Gasteiger partial charge in [0.25, 0.3) is 5.91 Å². The molecule has 2 fully saturated rings. The van der Waals surface area contributed by atoms with Gasteiger partial charge in [0.2, 0.25) is 0 Å². The van der Waals surface area contributed by atoms with E-state index in [0.717, 1.165) is 25.4 Å². The van der Waals surface area contributed by atoms with Crippen molar-refractivity contribution in [1.82, 2.24) is 10.2 Å². The van der Waals surface area contributed by atoms with E-state index >= 15 is 0 Å². The highest BCUT2D eigenvalue weighted by molar-refractivity contribution is 5.94. The third kappa shape index (κ3) is 3.66. The Morgan fingerprint density at radius 1 is 1.12 bits per heavy atom. The fraction of sp³-hybridized carbons (Fsp3) is 0.350. The molecule has 25 heavy (non-hydrogen) atoms. The van der Waals surface area contributed by atoms with E-state index in [1.54, 1.807) is 42.5 Å². The molecular weight excluding hydrogens is 319 g/mol. The highest BCUT2D eigenvalue weighted by atomic mass is 19.1. The minimum absolute atomic E-state index is 0.0649. The van der Waals surface area contributed by atoms with E-state index in [1.165, 1.54) is 19.0 Å². The van der Waals surface area contributed by atoms with Crippen molar-refractivity contribution in [3.05, 3.63) is 59.9 Å². The Morgan fingerprint density at radius 2 is 1.92 bits per heavy atom. The molecule has 3 atom stereocenters. The van der Waals surface area contributed by atoms with Crippen molar-refractivity contribution in [1.29, 1.82) is 0 Å². The number of piperidine rings is 1. The zero-order valence-corrected chi connectivity index (χ0v) is 14.0. The van der Waals surface area contributed by atoms with Crippen LogP contribution in [0, 0.1) is 11.7 Å². The van der Waals surface area contributed by atoms with E-state index < -0.39 is 5.82 Å². The van der Waals surface area contributed by atoms with Crippen LogP contribution in [0.15, 0.2) is 48.5 Å². The Labute approximate surface area is 146 Å². The fourth-order valence-corrected chi connectivity index (χ4v) is 3.76. The van der Waals surface area contributed by atoms with Crippen molar-refractivity contribution in [3.63, 3.8) is 0 Å². The molecule has 0 aromatic heterocycles. The molecule has 130 valence electrons. The number of nitrogens with zero attached hydrogens (tertiary/aromatic N) is 1. The second kappa shape index (κ2) is 6.84. The van der Waals surface area contributed by atoms with Crippen molar-refractivity contribution in [2.24, 2.45) is 5.92 Å². The number of amides is 1. The van der Waals surface area contributed by atoms with Crippen molar-refractivity contribution in [3.8, 4) is 11.5 Å². The first-order valence-corrected chi connectivity index (χ1v) is 8.73. The van der Waals surface area contributed by atoms with E-state index in [9.17, 15) is 9.18 Å². The first kappa shape index (κ1) is 16.1. The maximum absolute atomic E-state index is 13.6. The zero-order chi connectivity index (χ0) is 17.2. The third-order valence-electron chi connectivity index (χ3n) is 4.98. The number of hydrogen-bond donors (Lipinski definition) is 1. The van der Waals surface area contributed by atoms with E-state index in [4.69, 9.17) is 4.74 Å². The van der Waals surface area contributed by atoms with Gasteiger partial charge in [-0.3, -0.25) is 4.79 Å². The number of rotatable bonds is 4. The maximum atomic E-state index is 13.6. The van der Waals surface area contributed by atoms with Crippen molar-refractivity contribution >= 4 is 5.91 Å². The van der Waals surface area contributed by atoms with Crippen LogP contribution in [-0.2, 0) is 0 Å². The molecule has 2 heterocycles. The number of para-hydroxylation sites is 1. The molecule has 4 rings (SSSR count). The molecule has 2 saturated heterocycles. The predicted octanol–water partition coefficient (Wildman–Crippen LogP) is 3.44. The SMILES string of the molecule is O=C(N[C@@H]1C[C@@H]2CCN(C2)C1)c1ccc(Oc2ccccc2F)cc1. The van der Waals surface area contributed by atoms with E-state index in [2.05, 4.69) is 10.2 Å². The first-order chi connectivity index (χ1) is 12.2. The predicted molar refractivity (Wildman–Crippen MR) is 93.3 cm³/mol. The number of fused-ring (bicyclic) bond motifs is 2. The van der Waals surface area contributed by atoms with E-state index in [1.807, 2.05) is 0 Å². The Balaban J connectivity index is 1.38. The zero-order valence-electron chi connectivity index (χ0n) is 14.0. The highest BCUT2D eigenvalue weighted by Gasteiger charge is 2.32. The van der Waals surface area contributed by atoms with Crippen LogP contribution in [0.5, 0.6) is 11.5 Å². The van der Waals surface area contributed by atoms with Gasteiger partial charge in [0.15, 0.2) is 11.6 Å². The Kier molecular flexibility index (Phi) is 4.40. The summed E-state index contributed by atoms with van der Waals surface area (Å²) in [5.74, 6) is 0.918. The molecule has 1 unspecified atom stereocenters. The summed E-state index contributed by atoms with van der Waals surface area (Å²) in [5, 5.41) is 3.13. The lowest BCUT2D eigenvalue weighted by Gasteiger charge is -2.30. The van der Waals surface area contributed by atoms with Gasteiger partial charge in [0, 0.05) is 24.7 Å². The molecule has 0 saturated carbocycles. The van der Waals surface area contributed by atoms with Gasteiger partial charge in [-0.1, -0.05) is 12.1 Å². The Bertz CT molecular complexity index is 751. The molecule has 0 radical (unpaired) electrons. The summed E-state index contributed by atoms with van der Waals surface area (Å²) >= 11 is 0. The second-order valence-electron chi connectivity index (χ2n) is 6.88. The van der Waals surface area contributed by atoms with Gasteiger partial charge in [-0.2, -0.15) is 0 Å². The summed E-state index contributed by atoms with van der Waals surface area (Å²) in [4.78, 5) is 14.9. The fourth-order valence-electron chi connectivity index (χ4n) is 3.76. The summed E-state index contributed by atoms with van der Waals surface area (Å²) < 4.78 is 19.1. The summed E-state index contributed by atoms with van der Waals surface area (Å²) in [5.41, 5.74) is 0.591. The topological polar surface area (TPSA) is 41.6 Å². The molecular formula is C20H21FN2O2. The summed E-state index contributed by atoms with van der Waals surface area (Å²) in [7, 11) is 0. The summed E-state index contributed by atoms with van der Waals surface area (Å²) in [6, 6.07) is 13.3. The molecule has 2 bridgehead atoms. The minimum atomic E-state index is -0.411. The number of carbonyl (C=O) groups excluding carboxylic acids is 1. The molecule has 5 heteroatoms. The van der Waals surface area contributed by atoms with Gasteiger partial charge in [0.1, 0.15) is 5.75 Å². The number of halogens is 1. The van der Waals surface area contributed by atoms with Crippen molar-refractivity contribution in [2.45, 2.75) is 18.9 Å². The molecule has 2 aliphatic rings. The van der Waals surface area contributed by atoms with Crippen LogP contribution in [0.1, 0.15) is 23.2 Å². The van der Waals surface area contributed by atoms with E-state index in [0.29, 0.717) is 11.3 Å². The van der Waals surface area contributed by atoms with Gasteiger partial charge in [-0.15, -0.1) is 0 Å². The molecule has 1 amide bonds. The average Bonchev–Trinajstić information content (AvgIpc) is 2.96. The van der Waals surface area contributed by atoms with Gasteiger partial charge in [0.05, 0.1) is 0 Å². The average molecular weight is 340 g/mol. The van der Waals surface area contributed by atoms with Crippen LogP contribution >= 0.6 is 0 Å². The molecule has 0 spiro atoms. The van der Waals surface area contributed by atoms with Crippen molar-refractivity contribution in [2.75, 3.05) is 19.6 Å². The summed E-state index contributed by atoms with van der Waals surface area (Å²) in [6.45, 7) is 3.27. The van der Waals surface area contributed by atoms with Gasteiger partial charge >= 0.3 is 0 Å². The van der Waals surface area contributed by atoms with Crippen LogP contribution < -0.4 is 10.1 Å². The molecule has 2 aromatic rings. The Morgan fingerprint density at radius 3 is 2.68 bits per heavy atom. The Hall–Kier alpha value is -2.40. The number of nitrogens with one attached hydrogen (secondary N) is 1. The van der Waals surface area contributed by atoms with Gasteiger partial charge in [-0.25, -0.2) is 4.39 Å². The van der Waals surface area contributed by atoms with Gasteiger partial charge in [-0.05, 0) is 61.7 Å². The molecule has 2 aliphatic heterocycles. The van der Waals surface area contributed by atoms with Crippen LogP contribution in [0.4, 0.5) is 4.39 Å². The van der Waals surface area contributed by atoms with Crippen LogP contribution in [-0.4, -0.2) is 36.5 Å². The number of benzene rings is 2. The number of ether oxygens (including phenoxy) is 1. The smallest absolute Gasteiger partial charge is 0.251 e. The summed E-state index contributed by atoms with van der Waals surface area (Å²) in [6.07, 6.45) is 2.31. The monoisotopic (exact) mass is 340 g/mol. The molecule has 2 aromatic carbocycles. The maximum Gasteiger partial charge on any atom is 0.251 e. The normalized spacial score (nSPS) is 24.8. The first-order valence-electron chi connectivity index (χ1n) is 8.73. The van der Waals surface area contributed by atoms with Crippen molar-refractivity contribution < 1.29 is 13.9 Å². The lowest BCUT2D eigenvalue weighted by molar-refractivity contribution is 0.0909.